The second kappa shape index (κ2) is 9.68. The maximum absolute atomic E-state index is 12.9. The molecule has 0 spiro atoms. The molecule has 0 atom stereocenters. The molecule has 0 bridgehead atoms. The first kappa shape index (κ1) is 19.6. The molecule has 0 radical (unpaired) electrons. The largest absolute Gasteiger partial charge is 0.465 e. The number of rotatable bonds is 8. The van der Waals surface area contributed by atoms with Crippen molar-refractivity contribution in [1.29, 1.82) is 0 Å². The molecule has 2 aromatic carbocycles. The van der Waals surface area contributed by atoms with Crippen LogP contribution in [0.25, 0.3) is 0 Å². The highest BCUT2D eigenvalue weighted by Gasteiger charge is 2.11. The van der Waals surface area contributed by atoms with Crippen LogP contribution in [0, 0.1) is 5.82 Å². The molecule has 1 N–H and O–H groups in total. The minimum Gasteiger partial charge on any atom is -0.465 e. The van der Waals surface area contributed by atoms with Gasteiger partial charge in [0, 0.05) is 13.1 Å². The van der Waals surface area contributed by atoms with E-state index in [4.69, 9.17) is 4.74 Å². The van der Waals surface area contributed by atoms with Crippen LogP contribution in [-0.2, 0) is 22.6 Å². The van der Waals surface area contributed by atoms with Crippen LogP contribution in [0.15, 0.2) is 48.5 Å². The van der Waals surface area contributed by atoms with Crippen LogP contribution in [-0.4, -0.2) is 37.0 Å². The maximum atomic E-state index is 12.9. The number of carbonyl (C=O) groups is 2. The Morgan fingerprint density at radius 2 is 1.85 bits per heavy atom. The Hall–Kier alpha value is -2.73. The van der Waals surface area contributed by atoms with Crippen molar-refractivity contribution in [1.82, 2.24) is 10.2 Å². The van der Waals surface area contributed by atoms with Crippen LogP contribution in [0.2, 0.25) is 0 Å². The molecular formula is C20H23FN2O3. The van der Waals surface area contributed by atoms with Crippen LogP contribution in [0.5, 0.6) is 0 Å². The van der Waals surface area contributed by atoms with Gasteiger partial charge in [-0.3, -0.25) is 9.69 Å². The highest BCUT2D eigenvalue weighted by Crippen LogP contribution is 2.09. The van der Waals surface area contributed by atoms with Gasteiger partial charge >= 0.3 is 5.97 Å². The number of halogens is 1. The van der Waals surface area contributed by atoms with Crippen molar-refractivity contribution < 1.29 is 18.7 Å². The molecule has 138 valence electrons. The van der Waals surface area contributed by atoms with Crippen LogP contribution in [0.4, 0.5) is 4.39 Å². The lowest BCUT2D eigenvalue weighted by atomic mass is 10.1. The summed E-state index contributed by atoms with van der Waals surface area (Å²) in [6, 6.07) is 13.2. The number of benzene rings is 2. The molecule has 0 aliphatic carbocycles. The lowest BCUT2D eigenvalue weighted by molar-refractivity contribution is -0.122. The van der Waals surface area contributed by atoms with E-state index in [1.807, 2.05) is 17.9 Å². The van der Waals surface area contributed by atoms with E-state index < -0.39 is 0 Å². The summed E-state index contributed by atoms with van der Waals surface area (Å²) in [6.45, 7) is 3.80. The zero-order chi connectivity index (χ0) is 18.9. The minimum atomic E-state index is -0.382. The molecule has 2 aromatic rings. The van der Waals surface area contributed by atoms with Crippen LogP contribution >= 0.6 is 0 Å². The van der Waals surface area contributed by atoms with E-state index in [1.54, 1.807) is 30.3 Å². The molecule has 0 unspecified atom stereocenters. The van der Waals surface area contributed by atoms with Gasteiger partial charge in [-0.2, -0.15) is 0 Å². The molecule has 0 aliphatic heterocycles. The van der Waals surface area contributed by atoms with Crippen molar-refractivity contribution in [2.45, 2.75) is 20.0 Å². The summed E-state index contributed by atoms with van der Waals surface area (Å²) in [5, 5.41) is 2.83. The topological polar surface area (TPSA) is 58.6 Å². The van der Waals surface area contributed by atoms with Crippen LogP contribution < -0.4 is 5.32 Å². The number of amides is 1. The number of nitrogens with zero attached hydrogens (tertiary/aromatic N) is 1. The highest BCUT2D eigenvalue weighted by atomic mass is 19.1. The summed E-state index contributed by atoms with van der Waals surface area (Å²) in [5.41, 5.74) is 2.26. The van der Waals surface area contributed by atoms with Gasteiger partial charge in [0.1, 0.15) is 5.82 Å². The minimum absolute atomic E-state index is 0.111. The first-order chi connectivity index (χ1) is 12.5. The number of ether oxygens (including phenoxy) is 1. The van der Waals surface area contributed by atoms with E-state index >= 15 is 0 Å². The van der Waals surface area contributed by atoms with Crippen molar-refractivity contribution in [3.05, 3.63) is 71.0 Å². The average molecular weight is 358 g/mol. The predicted molar refractivity (Wildman–Crippen MR) is 97.0 cm³/mol. The van der Waals surface area contributed by atoms with Gasteiger partial charge in [0.25, 0.3) is 0 Å². The van der Waals surface area contributed by atoms with Crippen molar-refractivity contribution in [2.75, 3.05) is 20.2 Å². The molecule has 0 aromatic heterocycles. The number of esters is 1. The molecule has 0 aliphatic rings. The summed E-state index contributed by atoms with van der Waals surface area (Å²) in [6.07, 6.45) is 0. The van der Waals surface area contributed by atoms with E-state index in [2.05, 4.69) is 5.32 Å². The summed E-state index contributed by atoms with van der Waals surface area (Å²) in [5.74, 6) is -0.793. The zero-order valence-corrected chi connectivity index (χ0v) is 15.0. The molecule has 0 heterocycles. The van der Waals surface area contributed by atoms with E-state index in [9.17, 15) is 14.0 Å². The standard InChI is InChI=1S/C20H23FN2O3/c1-3-23(13-16-5-4-6-17(11-16)20(25)26-2)14-19(24)22-12-15-7-9-18(21)10-8-15/h4-11H,3,12-14H2,1-2H3,(H,22,24). The van der Waals surface area contributed by atoms with E-state index in [1.165, 1.54) is 19.2 Å². The van der Waals surface area contributed by atoms with Crippen LogP contribution in [0.3, 0.4) is 0 Å². The second-order valence-corrected chi connectivity index (χ2v) is 5.90. The fourth-order valence-corrected chi connectivity index (χ4v) is 2.51. The van der Waals surface area contributed by atoms with Crippen LogP contribution in [0.1, 0.15) is 28.4 Å². The van der Waals surface area contributed by atoms with Crippen molar-refractivity contribution in [2.24, 2.45) is 0 Å². The molecule has 26 heavy (non-hydrogen) atoms. The zero-order valence-electron chi connectivity index (χ0n) is 15.0. The fourth-order valence-electron chi connectivity index (χ4n) is 2.51. The molecule has 2 rings (SSSR count). The Labute approximate surface area is 152 Å². The number of hydrogen-bond acceptors (Lipinski definition) is 4. The smallest absolute Gasteiger partial charge is 0.337 e. The first-order valence-corrected chi connectivity index (χ1v) is 8.42. The Morgan fingerprint density at radius 3 is 2.50 bits per heavy atom. The number of methoxy groups -OCH3 is 1. The van der Waals surface area contributed by atoms with Crippen molar-refractivity contribution >= 4 is 11.9 Å². The van der Waals surface area contributed by atoms with E-state index in [0.29, 0.717) is 25.2 Å². The fraction of sp³-hybridized carbons (Fsp3) is 0.300. The van der Waals surface area contributed by atoms with Gasteiger partial charge in [0.2, 0.25) is 5.91 Å². The summed E-state index contributed by atoms with van der Waals surface area (Å²) in [7, 11) is 1.35. The Bertz CT molecular complexity index is 747. The van der Waals surface area contributed by atoms with E-state index in [0.717, 1.165) is 11.1 Å². The third kappa shape index (κ3) is 5.97. The average Bonchev–Trinajstić information content (AvgIpc) is 2.66. The first-order valence-electron chi connectivity index (χ1n) is 8.42. The molecule has 6 heteroatoms. The summed E-state index contributed by atoms with van der Waals surface area (Å²) < 4.78 is 17.6. The number of likely N-dealkylation sites (N-methyl/N-ethyl adjacent to an activating group) is 1. The number of hydrogen-bond donors (Lipinski definition) is 1. The van der Waals surface area contributed by atoms with E-state index in [-0.39, 0.29) is 24.2 Å². The van der Waals surface area contributed by atoms with Gasteiger partial charge in [-0.25, -0.2) is 9.18 Å². The molecular weight excluding hydrogens is 335 g/mol. The third-order valence-electron chi connectivity index (χ3n) is 3.97. The van der Waals surface area contributed by atoms with Gasteiger partial charge < -0.3 is 10.1 Å². The van der Waals surface area contributed by atoms with Gasteiger partial charge in [-0.15, -0.1) is 0 Å². The van der Waals surface area contributed by atoms with Gasteiger partial charge in [-0.05, 0) is 41.9 Å². The summed E-state index contributed by atoms with van der Waals surface area (Å²) >= 11 is 0. The Balaban J connectivity index is 1.89. The molecule has 1 amide bonds. The summed E-state index contributed by atoms with van der Waals surface area (Å²) in [4.78, 5) is 25.7. The van der Waals surface area contributed by atoms with Gasteiger partial charge in [-0.1, -0.05) is 31.2 Å². The monoisotopic (exact) mass is 358 g/mol. The van der Waals surface area contributed by atoms with Gasteiger partial charge in [0.15, 0.2) is 0 Å². The molecule has 0 saturated carbocycles. The highest BCUT2D eigenvalue weighted by molar-refractivity contribution is 5.89. The predicted octanol–water partition coefficient (Wildman–Crippen LogP) is 2.75. The Kier molecular flexibility index (Phi) is 7.29. The lowest BCUT2D eigenvalue weighted by Gasteiger charge is -2.20. The number of nitrogens with one attached hydrogen (secondary N) is 1. The quantitative estimate of drug-likeness (QED) is 0.737. The second-order valence-electron chi connectivity index (χ2n) is 5.90. The third-order valence-corrected chi connectivity index (χ3v) is 3.97. The maximum Gasteiger partial charge on any atom is 0.337 e. The SMILES string of the molecule is CCN(CC(=O)NCc1ccc(F)cc1)Cc1cccc(C(=O)OC)c1. The molecule has 5 nitrogen and oxygen atoms in total. The lowest BCUT2D eigenvalue weighted by Crippen LogP contribution is -2.36. The molecule has 0 fully saturated rings. The van der Waals surface area contributed by atoms with Gasteiger partial charge in [0.05, 0.1) is 19.2 Å². The molecule has 0 saturated heterocycles. The van der Waals surface area contributed by atoms with Crippen molar-refractivity contribution in [3.8, 4) is 0 Å². The Morgan fingerprint density at radius 1 is 1.12 bits per heavy atom. The van der Waals surface area contributed by atoms with Crippen molar-refractivity contribution in [3.63, 3.8) is 0 Å². The number of carbonyl (C=O) groups excluding carboxylic acids is 2. The normalized spacial score (nSPS) is 10.6.